The Kier molecular flexibility index (Phi) is 12.2. The summed E-state index contributed by atoms with van der Waals surface area (Å²) < 4.78 is 3.12. The third-order valence-electron chi connectivity index (χ3n) is 6.06. The molecule has 0 saturated heterocycles. The van der Waals surface area contributed by atoms with Gasteiger partial charge < -0.3 is 25.4 Å². The number of aromatic hydroxyl groups is 3. The molecule has 10 heteroatoms. The fourth-order valence-electron chi connectivity index (χ4n) is 3.81. The molecule has 0 aliphatic heterocycles. The van der Waals surface area contributed by atoms with Crippen LogP contribution in [0.1, 0.15) is 22.5 Å². The second-order valence-corrected chi connectivity index (χ2v) is 9.16. The number of hydrogen-bond donors (Lipinski definition) is 4. The summed E-state index contributed by atoms with van der Waals surface area (Å²) in [4.78, 5) is 4.22. The maximum absolute atomic E-state index is 10.4. The summed E-state index contributed by atoms with van der Waals surface area (Å²) in [5.41, 5.74) is 4.90. The molecule has 0 aliphatic carbocycles. The van der Waals surface area contributed by atoms with E-state index in [0.29, 0.717) is 22.7 Å². The molecule has 0 atom stereocenters. The maximum Gasteiger partial charge on any atom is 0.223 e. The predicted molar refractivity (Wildman–Crippen MR) is 168 cm³/mol. The molecule has 0 bridgehead atoms. The minimum Gasteiger partial charge on any atom is -0.508 e. The van der Waals surface area contributed by atoms with E-state index in [4.69, 9.17) is 10.5 Å². The van der Waals surface area contributed by atoms with Crippen LogP contribution in [-0.4, -0.2) is 47.3 Å². The largest absolute Gasteiger partial charge is 0.508 e. The summed E-state index contributed by atoms with van der Waals surface area (Å²) in [5, 5.41) is 44.4. The standard InChI is InChI=1S/C17H15N3O2.C11H10N3.C6H6O.Co/c1-12-14(11-18-15-9-5-6-10-16(15)21)17(22)20(19-12)13-7-3-2-4-8-13;1-9-10(7-12)8-14(13-9)11-5-3-2-4-6-11;7-6-4-2-1-3-5-6;/h2-11,21-22H,1H3;2-7,12H,1H3;1-5,7H;/q;-1;;. The van der Waals surface area contributed by atoms with Crippen molar-refractivity contribution in [3.8, 4) is 28.8 Å². The number of aryl methyl sites for hydroxylation is 2. The smallest absolute Gasteiger partial charge is 0.223 e. The topological polar surface area (TPSA) is 133 Å². The number of benzene rings is 4. The van der Waals surface area contributed by atoms with E-state index in [9.17, 15) is 10.2 Å². The number of rotatable bonds is 5. The molecule has 2 heterocycles. The van der Waals surface area contributed by atoms with Gasteiger partial charge in [0.2, 0.25) is 5.88 Å². The Labute approximate surface area is 266 Å². The molecule has 9 nitrogen and oxygen atoms in total. The van der Waals surface area contributed by atoms with Crippen LogP contribution >= 0.6 is 0 Å². The molecule has 0 aliphatic rings. The van der Waals surface area contributed by atoms with Gasteiger partial charge in [0.15, 0.2) is 0 Å². The Balaban J connectivity index is 0.000000205. The Morgan fingerprint density at radius 2 is 1.25 bits per heavy atom. The Hall–Kier alpha value is -5.45. The number of aromatic nitrogens is 4. The van der Waals surface area contributed by atoms with Crippen LogP contribution in [0, 0.1) is 25.5 Å². The van der Waals surface area contributed by atoms with Gasteiger partial charge in [-0.05, 0) is 60.9 Å². The quantitative estimate of drug-likeness (QED) is 0.124. The van der Waals surface area contributed by atoms with Crippen LogP contribution in [0.5, 0.6) is 17.4 Å². The Bertz CT molecular complexity index is 1790. The van der Waals surface area contributed by atoms with Crippen molar-refractivity contribution in [2.24, 2.45) is 4.99 Å². The number of phenols is 2. The minimum absolute atomic E-state index is 0. The predicted octanol–water partition coefficient (Wildman–Crippen LogP) is 6.71. The van der Waals surface area contributed by atoms with Crippen LogP contribution in [0.4, 0.5) is 5.69 Å². The summed E-state index contributed by atoms with van der Waals surface area (Å²) in [6.07, 6.45) is 5.78. The number of nitrogens with one attached hydrogen (secondary N) is 1. The van der Waals surface area contributed by atoms with E-state index in [2.05, 4.69) is 21.4 Å². The van der Waals surface area contributed by atoms with E-state index in [-0.39, 0.29) is 28.4 Å². The molecule has 0 unspecified atom stereocenters. The third-order valence-corrected chi connectivity index (χ3v) is 6.06. The van der Waals surface area contributed by atoms with Crippen molar-refractivity contribution in [2.75, 3.05) is 0 Å². The summed E-state index contributed by atoms with van der Waals surface area (Å²) in [7, 11) is 0. The molecule has 6 rings (SSSR count). The normalized spacial score (nSPS) is 10.1. The number of phenolic OH excluding ortho intramolecular Hbond substituents is 2. The minimum atomic E-state index is 0. The summed E-state index contributed by atoms with van der Waals surface area (Å²) in [6.45, 7) is 3.67. The van der Waals surface area contributed by atoms with Crippen LogP contribution < -0.4 is 0 Å². The van der Waals surface area contributed by atoms with Crippen molar-refractivity contribution in [3.05, 3.63) is 144 Å². The molecule has 4 aromatic carbocycles. The van der Waals surface area contributed by atoms with Crippen molar-refractivity contribution in [3.63, 3.8) is 0 Å². The van der Waals surface area contributed by atoms with E-state index >= 15 is 0 Å². The Morgan fingerprint density at radius 3 is 1.77 bits per heavy atom. The molecule has 0 fully saturated rings. The second-order valence-electron chi connectivity index (χ2n) is 9.16. The van der Waals surface area contributed by atoms with Gasteiger partial charge in [-0.25, -0.2) is 9.78 Å². The second kappa shape index (κ2) is 16.3. The van der Waals surface area contributed by atoms with Crippen LogP contribution in [-0.2, 0) is 16.8 Å². The van der Waals surface area contributed by atoms with Crippen LogP contribution in [0.2, 0.25) is 0 Å². The molecule has 0 amide bonds. The average Bonchev–Trinajstić information content (AvgIpc) is 3.56. The number of para-hydroxylation sites is 5. The number of aliphatic imine (C=N–C) groups is 1. The maximum atomic E-state index is 10.4. The summed E-state index contributed by atoms with van der Waals surface area (Å²) in [6, 6.07) is 34.6. The monoisotopic (exact) mass is 630 g/mol. The van der Waals surface area contributed by atoms with Crippen molar-refractivity contribution in [1.82, 2.24) is 19.6 Å². The molecular weight excluding hydrogens is 599 g/mol. The van der Waals surface area contributed by atoms with Gasteiger partial charge >= 0.3 is 0 Å². The molecule has 0 saturated carbocycles. The van der Waals surface area contributed by atoms with E-state index in [1.807, 2.05) is 73.7 Å². The number of hydrogen-bond acceptors (Lipinski definition) is 7. The Morgan fingerprint density at radius 1 is 0.705 bits per heavy atom. The van der Waals surface area contributed by atoms with Gasteiger partial charge in [-0.15, -0.1) is 0 Å². The van der Waals surface area contributed by atoms with E-state index in [0.717, 1.165) is 22.6 Å². The summed E-state index contributed by atoms with van der Waals surface area (Å²) >= 11 is 0. The molecule has 2 aromatic heterocycles. The van der Waals surface area contributed by atoms with Crippen molar-refractivity contribution < 1.29 is 32.1 Å². The van der Waals surface area contributed by atoms with Gasteiger partial charge in [0, 0.05) is 23.0 Å². The van der Waals surface area contributed by atoms with Gasteiger partial charge in [0.05, 0.1) is 16.9 Å². The zero-order valence-corrected chi connectivity index (χ0v) is 25.1. The molecule has 6 aromatic rings. The van der Waals surface area contributed by atoms with Crippen molar-refractivity contribution in [1.29, 1.82) is 5.41 Å². The first-order valence-electron chi connectivity index (χ1n) is 13.3. The molecule has 4 N–H and O–H groups in total. The molecular formula is C34H31CoN6O3-. The molecule has 0 spiro atoms. The third kappa shape index (κ3) is 8.77. The molecule has 225 valence electrons. The van der Waals surface area contributed by atoms with E-state index < -0.39 is 0 Å². The van der Waals surface area contributed by atoms with Crippen LogP contribution in [0.15, 0.2) is 120 Å². The zero-order chi connectivity index (χ0) is 30.6. The van der Waals surface area contributed by atoms with Gasteiger partial charge in [0.25, 0.3) is 0 Å². The van der Waals surface area contributed by atoms with Gasteiger partial charge in [-0.1, -0.05) is 97.6 Å². The first kappa shape index (κ1) is 33.1. The SMILES string of the molecule is Cc1nn(-c2ccccc2)[c-]c1C=N.Cc1nn(-c2ccccc2)c(O)c1C=Nc1ccccc1O.Oc1ccccc1.[Co]. The van der Waals surface area contributed by atoms with E-state index in [1.165, 1.54) is 17.1 Å². The van der Waals surface area contributed by atoms with Crippen LogP contribution in [0.3, 0.4) is 0 Å². The average molecular weight is 631 g/mol. The molecule has 1 radical (unpaired) electrons. The number of nitrogens with zero attached hydrogens (tertiary/aromatic N) is 5. The first-order valence-corrected chi connectivity index (χ1v) is 13.3. The van der Waals surface area contributed by atoms with Crippen molar-refractivity contribution in [2.45, 2.75) is 13.8 Å². The van der Waals surface area contributed by atoms with Gasteiger partial charge in [0.1, 0.15) is 17.2 Å². The fraction of sp³-hybridized carbons (Fsp3) is 0.0588. The van der Waals surface area contributed by atoms with Crippen LogP contribution in [0.25, 0.3) is 11.4 Å². The van der Waals surface area contributed by atoms with Gasteiger partial charge in [-0.2, -0.15) is 5.10 Å². The summed E-state index contributed by atoms with van der Waals surface area (Å²) in [5.74, 6) is 0.428. The zero-order valence-electron chi connectivity index (χ0n) is 24.0. The van der Waals surface area contributed by atoms with Gasteiger partial charge in [-0.3, -0.25) is 4.99 Å². The fourth-order valence-corrected chi connectivity index (χ4v) is 3.81. The first-order chi connectivity index (χ1) is 20.9. The van der Waals surface area contributed by atoms with Crippen molar-refractivity contribution >= 4 is 18.1 Å². The molecule has 44 heavy (non-hydrogen) atoms. The van der Waals surface area contributed by atoms with E-state index in [1.54, 1.807) is 60.1 Å².